The van der Waals surface area contributed by atoms with Crippen molar-refractivity contribution in [3.63, 3.8) is 0 Å². The molecule has 26 heavy (non-hydrogen) atoms. The van der Waals surface area contributed by atoms with Crippen molar-refractivity contribution in [2.24, 2.45) is 0 Å². The molecule has 6 nitrogen and oxygen atoms in total. The highest BCUT2D eigenvalue weighted by atomic mass is 28.5. The molecule has 0 atom stereocenters. The number of hydrogen-bond donors (Lipinski definition) is 0. The molecule has 0 saturated heterocycles. The maximum atomic E-state index is 11.8. The summed E-state index contributed by atoms with van der Waals surface area (Å²) in [6.45, 7) is 27.5. The van der Waals surface area contributed by atoms with Gasteiger partial charge < -0.3 is 20.9 Å². The fraction of sp³-hybridized carbons (Fsp3) is 0.800. The Bertz CT molecular complexity index is 525. The van der Waals surface area contributed by atoms with E-state index >= 15 is 0 Å². The second-order valence-electron chi connectivity index (χ2n) is 9.29. The molecular formula is C15H38O6Si5. The lowest BCUT2D eigenvalue weighted by Crippen LogP contribution is -2.58. The highest BCUT2D eigenvalue weighted by molar-refractivity contribution is 6.89. The van der Waals surface area contributed by atoms with Crippen LogP contribution in [0.25, 0.3) is 0 Å². The highest BCUT2D eigenvalue weighted by Gasteiger charge is 2.46. The average Bonchev–Trinajstić information content (AvgIpc) is 2.17. The lowest BCUT2D eigenvalue weighted by molar-refractivity contribution is -0.131. The molecule has 0 aliphatic heterocycles. The first kappa shape index (κ1) is 26.1. The third-order valence-electron chi connectivity index (χ3n) is 2.71. The summed E-state index contributed by atoms with van der Waals surface area (Å²) in [4.78, 5) is 11.8. The number of hydrogen-bond acceptors (Lipinski definition) is 6. The van der Waals surface area contributed by atoms with E-state index in [4.69, 9.17) is 20.9 Å². The minimum Gasteiger partial charge on any atom is -0.492 e. The van der Waals surface area contributed by atoms with Crippen molar-refractivity contribution in [3.8, 4) is 0 Å². The Kier molecular flexibility index (Phi) is 8.70. The predicted molar refractivity (Wildman–Crippen MR) is 119 cm³/mol. The highest BCUT2D eigenvalue weighted by Crippen LogP contribution is 2.26. The standard InChI is InChI=1S/C15H38O6Si5/c1-14(2)15(16)17-23(6,7)19-25(10,11)21-26(12,13)20-24(8,9)18-22(3,4)5/h1H2,2-13H3. The van der Waals surface area contributed by atoms with Crippen molar-refractivity contribution >= 4 is 48.5 Å². The Balaban J connectivity index is 5.05. The van der Waals surface area contributed by atoms with Crippen molar-refractivity contribution < 1.29 is 25.7 Å². The van der Waals surface area contributed by atoms with Crippen molar-refractivity contribution in [1.82, 2.24) is 0 Å². The SMILES string of the molecule is C=C(C)C(=O)O[Si](C)(C)O[Si](C)(C)O[Si](C)(C)O[Si](C)(C)O[Si](C)(C)C. The summed E-state index contributed by atoms with van der Waals surface area (Å²) in [5.41, 5.74) is 0.365. The summed E-state index contributed by atoms with van der Waals surface area (Å²) in [7, 11) is -11.7. The molecule has 0 aromatic rings. The van der Waals surface area contributed by atoms with E-state index in [9.17, 15) is 4.79 Å². The first-order valence-corrected chi connectivity index (χ1v) is 23.5. The van der Waals surface area contributed by atoms with Gasteiger partial charge in [0.25, 0.3) is 0 Å². The van der Waals surface area contributed by atoms with Crippen molar-refractivity contribution in [2.45, 2.75) is 78.9 Å². The average molecular weight is 455 g/mol. The fourth-order valence-electron chi connectivity index (χ4n) is 2.91. The van der Waals surface area contributed by atoms with E-state index < -0.39 is 48.5 Å². The third kappa shape index (κ3) is 11.8. The van der Waals surface area contributed by atoms with Gasteiger partial charge >= 0.3 is 40.2 Å². The molecule has 0 N–H and O–H groups in total. The minimum absolute atomic E-state index is 0.365. The predicted octanol–water partition coefficient (Wildman–Crippen LogP) is 4.81. The van der Waals surface area contributed by atoms with Gasteiger partial charge in [0.2, 0.25) is 0 Å². The second-order valence-corrected chi connectivity index (χ2v) is 28.2. The Labute approximate surface area is 165 Å². The van der Waals surface area contributed by atoms with Crippen LogP contribution in [0.4, 0.5) is 0 Å². The molecule has 0 bridgehead atoms. The zero-order valence-corrected chi connectivity index (χ0v) is 23.7. The summed E-state index contributed by atoms with van der Waals surface area (Å²) in [5, 5.41) is 0. The van der Waals surface area contributed by atoms with Crippen molar-refractivity contribution in [3.05, 3.63) is 12.2 Å². The molecule has 154 valence electrons. The molecule has 0 heterocycles. The van der Waals surface area contributed by atoms with Gasteiger partial charge in [-0.3, -0.25) is 0 Å². The Hall–Kier alpha value is 0.134. The largest absolute Gasteiger partial charge is 0.492 e. The van der Waals surface area contributed by atoms with Gasteiger partial charge in [-0.15, -0.1) is 0 Å². The first-order chi connectivity index (χ1) is 11.2. The lowest BCUT2D eigenvalue weighted by atomic mass is 10.4. The third-order valence-corrected chi connectivity index (χ3v) is 19.6. The van der Waals surface area contributed by atoms with Crippen LogP contribution >= 0.6 is 0 Å². The van der Waals surface area contributed by atoms with Crippen LogP contribution < -0.4 is 0 Å². The van der Waals surface area contributed by atoms with E-state index in [1.807, 2.05) is 39.3 Å². The van der Waals surface area contributed by atoms with Crippen LogP contribution in [0.1, 0.15) is 6.92 Å². The monoisotopic (exact) mass is 454 g/mol. The molecule has 0 spiro atoms. The topological polar surface area (TPSA) is 63.2 Å². The summed E-state index contributed by atoms with van der Waals surface area (Å²) >= 11 is 0. The van der Waals surface area contributed by atoms with Gasteiger partial charge in [-0.1, -0.05) is 6.58 Å². The quantitative estimate of drug-likeness (QED) is 0.348. The van der Waals surface area contributed by atoms with Gasteiger partial charge in [0.05, 0.1) is 0 Å². The number of carbonyl (C=O) groups excluding carboxylic acids is 1. The molecule has 0 aliphatic rings. The van der Waals surface area contributed by atoms with E-state index in [1.54, 1.807) is 6.92 Å². The normalized spacial score (nSPS) is 14.3. The van der Waals surface area contributed by atoms with Gasteiger partial charge in [0.15, 0.2) is 8.32 Å². The summed E-state index contributed by atoms with van der Waals surface area (Å²) in [6.07, 6.45) is 0. The van der Waals surface area contributed by atoms with Gasteiger partial charge in [-0.05, 0) is 78.9 Å². The molecule has 0 aliphatic carbocycles. The smallest absolute Gasteiger partial charge is 0.386 e. The maximum absolute atomic E-state index is 11.8. The van der Waals surface area contributed by atoms with Crippen LogP contribution in [-0.4, -0.2) is 48.5 Å². The van der Waals surface area contributed by atoms with E-state index in [-0.39, 0.29) is 0 Å². The zero-order chi connectivity index (χ0) is 21.2. The molecular weight excluding hydrogens is 417 g/mol. The number of rotatable bonds is 10. The molecule has 0 amide bonds. The summed E-state index contributed by atoms with van der Waals surface area (Å²) in [5.74, 6) is -0.420. The molecule has 0 rings (SSSR count). The number of carbonyl (C=O) groups is 1. The van der Waals surface area contributed by atoms with Crippen molar-refractivity contribution in [1.29, 1.82) is 0 Å². The summed E-state index contributed by atoms with van der Waals surface area (Å²) < 4.78 is 30.8. The van der Waals surface area contributed by atoms with Gasteiger partial charge in [-0.25, -0.2) is 4.79 Å². The lowest BCUT2D eigenvalue weighted by Gasteiger charge is -2.41. The van der Waals surface area contributed by atoms with Gasteiger partial charge in [-0.2, -0.15) is 0 Å². The molecule has 0 saturated carbocycles. The molecule has 11 heteroatoms. The Morgan fingerprint density at radius 2 is 0.923 bits per heavy atom. The Morgan fingerprint density at radius 1 is 0.615 bits per heavy atom. The van der Waals surface area contributed by atoms with Gasteiger partial charge in [0.1, 0.15) is 0 Å². The Morgan fingerprint density at radius 3 is 1.23 bits per heavy atom. The fourth-order valence-corrected chi connectivity index (χ4v) is 25.4. The molecule has 0 aromatic heterocycles. The van der Waals surface area contributed by atoms with E-state index in [2.05, 4.69) is 39.3 Å². The van der Waals surface area contributed by atoms with Crippen LogP contribution in [0.3, 0.4) is 0 Å². The molecule has 0 radical (unpaired) electrons. The second kappa shape index (κ2) is 8.65. The van der Waals surface area contributed by atoms with Crippen LogP contribution in [-0.2, 0) is 25.7 Å². The van der Waals surface area contributed by atoms with Crippen LogP contribution in [0.2, 0.25) is 72.0 Å². The van der Waals surface area contributed by atoms with Crippen LogP contribution in [0.5, 0.6) is 0 Å². The zero-order valence-electron chi connectivity index (χ0n) is 18.7. The van der Waals surface area contributed by atoms with Gasteiger partial charge in [0, 0.05) is 5.57 Å². The van der Waals surface area contributed by atoms with E-state index in [0.717, 1.165) is 0 Å². The van der Waals surface area contributed by atoms with E-state index in [0.29, 0.717) is 5.57 Å². The van der Waals surface area contributed by atoms with Crippen LogP contribution in [0, 0.1) is 0 Å². The molecule has 0 unspecified atom stereocenters. The first-order valence-electron chi connectivity index (χ1n) is 8.85. The van der Waals surface area contributed by atoms with E-state index in [1.165, 1.54) is 0 Å². The van der Waals surface area contributed by atoms with Crippen molar-refractivity contribution in [2.75, 3.05) is 0 Å². The van der Waals surface area contributed by atoms with Crippen LogP contribution in [0.15, 0.2) is 12.2 Å². The maximum Gasteiger partial charge on any atom is 0.386 e. The molecule has 0 aromatic carbocycles. The molecule has 0 fully saturated rings. The minimum atomic E-state index is -2.68. The summed E-state index contributed by atoms with van der Waals surface area (Å²) in [6, 6.07) is 0.